The van der Waals surface area contributed by atoms with Crippen LogP contribution < -0.4 is 9.47 Å². The number of aromatic carboxylic acids is 2. The summed E-state index contributed by atoms with van der Waals surface area (Å²) in [6, 6.07) is 39.0. The molecule has 12 heteroatoms. The molecule has 308 valence electrons. The SMILES string of the molecule is O=C(O)c1nc(CC2(c3ccccc3)CCCC2)nc(O)c1OCc1ccccc1.O=C(O)c1nc(CC2(c3ccccc3)CCCC2)nc(O)c1OCc1ccccc1. The average Bonchev–Trinajstić information content (AvgIpc) is 3.95. The minimum atomic E-state index is -1.25. The van der Waals surface area contributed by atoms with Gasteiger partial charge in [-0.25, -0.2) is 19.6 Å². The van der Waals surface area contributed by atoms with Gasteiger partial charge in [0.2, 0.25) is 11.5 Å². The zero-order chi connectivity index (χ0) is 42.0. The first kappa shape index (κ1) is 41.3. The number of carboxylic acid groups (broad SMARTS) is 2. The Morgan fingerprint density at radius 3 is 1.12 bits per heavy atom. The van der Waals surface area contributed by atoms with Crippen molar-refractivity contribution in [3.8, 4) is 23.3 Å². The molecule has 6 aromatic rings. The lowest BCUT2D eigenvalue weighted by molar-refractivity contribution is 0.0671. The molecule has 0 atom stereocenters. The van der Waals surface area contributed by atoms with Crippen molar-refractivity contribution in [2.45, 2.75) is 88.3 Å². The second kappa shape index (κ2) is 18.8. The highest BCUT2D eigenvalue weighted by Gasteiger charge is 2.39. The van der Waals surface area contributed by atoms with Gasteiger partial charge >= 0.3 is 11.9 Å². The highest BCUT2D eigenvalue weighted by atomic mass is 16.5. The van der Waals surface area contributed by atoms with Crippen LogP contribution in [-0.4, -0.2) is 52.3 Å². The summed E-state index contributed by atoms with van der Waals surface area (Å²) in [5, 5.41) is 40.3. The predicted octanol–water partition coefficient (Wildman–Crippen LogP) is 9.03. The van der Waals surface area contributed by atoms with Crippen LogP contribution in [0.4, 0.5) is 0 Å². The van der Waals surface area contributed by atoms with E-state index in [1.807, 2.05) is 97.1 Å². The number of hydrogen-bond donors (Lipinski definition) is 4. The summed E-state index contributed by atoms with van der Waals surface area (Å²) >= 11 is 0. The first-order valence-corrected chi connectivity index (χ1v) is 20.3. The van der Waals surface area contributed by atoms with Crippen molar-refractivity contribution in [3.63, 3.8) is 0 Å². The maximum absolute atomic E-state index is 11.8. The zero-order valence-corrected chi connectivity index (χ0v) is 33.2. The summed E-state index contributed by atoms with van der Waals surface area (Å²) in [7, 11) is 0. The van der Waals surface area contributed by atoms with Gasteiger partial charge in [0.25, 0.3) is 11.8 Å². The van der Waals surface area contributed by atoms with Crippen LogP contribution in [-0.2, 0) is 36.9 Å². The maximum atomic E-state index is 11.8. The van der Waals surface area contributed by atoms with E-state index in [1.165, 1.54) is 11.1 Å². The minimum absolute atomic E-state index is 0.116. The molecule has 2 fully saturated rings. The van der Waals surface area contributed by atoms with Gasteiger partial charge in [-0.2, -0.15) is 9.97 Å². The predicted molar refractivity (Wildman–Crippen MR) is 223 cm³/mol. The number of carboxylic acids is 2. The Bertz CT molecular complexity index is 2200. The molecule has 60 heavy (non-hydrogen) atoms. The lowest BCUT2D eigenvalue weighted by atomic mass is 9.76. The molecule has 0 amide bonds. The molecular weight excluding hydrogens is 761 g/mol. The number of benzene rings is 4. The van der Waals surface area contributed by atoms with Gasteiger partial charge in [0.1, 0.15) is 24.9 Å². The van der Waals surface area contributed by atoms with Crippen LogP contribution >= 0.6 is 0 Å². The molecule has 2 heterocycles. The van der Waals surface area contributed by atoms with Crippen LogP contribution in [0.1, 0.15) is 106 Å². The molecular formula is C48H48N4O8. The molecule has 0 spiro atoms. The van der Waals surface area contributed by atoms with Crippen LogP contribution in [0.15, 0.2) is 121 Å². The zero-order valence-electron chi connectivity index (χ0n) is 33.2. The average molecular weight is 809 g/mol. The number of rotatable bonds is 14. The largest absolute Gasteiger partial charge is 0.491 e. The molecule has 4 aromatic carbocycles. The van der Waals surface area contributed by atoms with Gasteiger partial charge in [0.15, 0.2) is 11.4 Å². The van der Waals surface area contributed by atoms with E-state index in [-0.39, 0.29) is 46.9 Å². The summed E-state index contributed by atoms with van der Waals surface area (Å²) in [6.07, 6.45) is 9.29. The fourth-order valence-corrected chi connectivity index (χ4v) is 8.57. The van der Waals surface area contributed by atoms with Gasteiger partial charge in [0, 0.05) is 23.7 Å². The number of hydrogen-bond acceptors (Lipinski definition) is 10. The summed E-state index contributed by atoms with van der Waals surface area (Å²) < 4.78 is 11.2. The minimum Gasteiger partial charge on any atom is -0.491 e. The van der Waals surface area contributed by atoms with Gasteiger partial charge < -0.3 is 29.9 Å². The van der Waals surface area contributed by atoms with Crippen LogP contribution in [0.25, 0.3) is 0 Å². The third-order valence-electron chi connectivity index (χ3n) is 11.5. The van der Waals surface area contributed by atoms with Crippen molar-refractivity contribution in [1.82, 2.24) is 19.9 Å². The van der Waals surface area contributed by atoms with E-state index in [0.29, 0.717) is 24.5 Å². The van der Waals surface area contributed by atoms with E-state index in [9.17, 15) is 30.0 Å². The van der Waals surface area contributed by atoms with E-state index >= 15 is 0 Å². The Morgan fingerprint density at radius 1 is 0.483 bits per heavy atom. The number of carbonyl (C=O) groups is 2. The Hall–Kier alpha value is -6.82. The smallest absolute Gasteiger partial charge is 0.358 e. The van der Waals surface area contributed by atoms with Crippen molar-refractivity contribution in [1.29, 1.82) is 0 Å². The van der Waals surface area contributed by atoms with Crippen LogP contribution in [0.3, 0.4) is 0 Å². The van der Waals surface area contributed by atoms with Gasteiger partial charge in [-0.15, -0.1) is 0 Å². The number of nitrogens with zero attached hydrogens (tertiary/aromatic N) is 4. The molecule has 0 saturated heterocycles. The van der Waals surface area contributed by atoms with Crippen LogP contribution in [0.5, 0.6) is 23.3 Å². The summed E-state index contributed by atoms with van der Waals surface area (Å²) in [5.41, 5.74) is 3.20. The first-order valence-electron chi connectivity index (χ1n) is 20.3. The maximum Gasteiger partial charge on any atom is 0.358 e. The van der Waals surface area contributed by atoms with Crippen molar-refractivity contribution in [3.05, 3.63) is 167 Å². The molecule has 0 radical (unpaired) electrons. The van der Waals surface area contributed by atoms with Gasteiger partial charge in [0.05, 0.1) is 0 Å². The Kier molecular flexibility index (Phi) is 13.0. The fraction of sp³-hybridized carbons (Fsp3) is 0.292. The first-order chi connectivity index (χ1) is 29.1. The summed E-state index contributed by atoms with van der Waals surface area (Å²) in [4.78, 5) is 40.7. The van der Waals surface area contributed by atoms with E-state index in [4.69, 9.17) is 9.47 Å². The van der Waals surface area contributed by atoms with Gasteiger partial charge in [-0.1, -0.05) is 147 Å². The molecule has 2 aliphatic carbocycles. The summed E-state index contributed by atoms with van der Waals surface area (Å²) in [6.45, 7) is 0.233. The molecule has 4 N–H and O–H groups in total. The standard InChI is InChI=1S/2C24H24N2O4/c2*27-22-21(30-16-17-9-3-1-4-10-17)20(23(28)29)25-19(26-22)15-24(13-7-8-14-24)18-11-5-2-6-12-18/h2*1-6,9-12H,7-8,13-16H2,(H,28,29)(H,25,26,27). The van der Waals surface area contributed by atoms with Crippen LogP contribution in [0.2, 0.25) is 0 Å². The van der Waals surface area contributed by atoms with Gasteiger partial charge in [-0.05, 0) is 47.9 Å². The third kappa shape index (κ3) is 9.71. The molecule has 2 aliphatic rings. The Morgan fingerprint density at radius 2 is 0.800 bits per heavy atom. The quantitative estimate of drug-likeness (QED) is 0.0820. The highest BCUT2D eigenvalue weighted by molar-refractivity contribution is 5.89. The highest BCUT2D eigenvalue weighted by Crippen LogP contribution is 2.45. The lowest BCUT2D eigenvalue weighted by Gasteiger charge is -2.29. The third-order valence-corrected chi connectivity index (χ3v) is 11.5. The van der Waals surface area contributed by atoms with Crippen molar-refractivity contribution in [2.75, 3.05) is 0 Å². The van der Waals surface area contributed by atoms with Crippen molar-refractivity contribution >= 4 is 11.9 Å². The van der Waals surface area contributed by atoms with Crippen molar-refractivity contribution < 1.29 is 39.5 Å². The van der Waals surface area contributed by atoms with Crippen molar-refractivity contribution in [2.24, 2.45) is 0 Å². The number of ether oxygens (including phenoxy) is 2. The van der Waals surface area contributed by atoms with E-state index in [2.05, 4.69) is 44.2 Å². The Balaban J connectivity index is 0.000000181. The Labute approximate surface area is 348 Å². The molecule has 0 aliphatic heterocycles. The number of aromatic nitrogens is 4. The van der Waals surface area contributed by atoms with E-state index in [0.717, 1.165) is 62.5 Å². The number of aromatic hydroxyl groups is 2. The van der Waals surface area contributed by atoms with Gasteiger partial charge in [-0.3, -0.25) is 0 Å². The molecule has 0 bridgehead atoms. The second-order valence-corrected chi connectivity index (χ2v) is 15.5. The second-order valence-electron chi connectivity index (χ2n) is 15.5. The van der Waals surface area contributed by atoms with E-state index < -0.39 is 23.7 Å². The molecule has 12 nitrogen and oxygen atoms in total. The monoisotopic (exact) mass is 808 g/mol. The van der Waals surface area contributed by atoms with E-state index in [1.54, 1.807) is 0 Å². The fourth-order valence-electron chi connectivity index (χ4n) is 8.57. The molecule has 2 saturated carbocycles. The molecule has 2 aromatic heterocycles. The lowest BCUT2D eigenvalue weighted by Crippen LogP contribution is -2.26. The molecule has 0 unspecified atom stereocenters. The molecule has 8 rings (SSSR count). The summed E-state index contributed by atoms with van der Waals surface area (Å²) in [5.74, 6) is -3.13. The normalized spacial score (nSPS) is 15.1. The van der Waals surface area contributed by atoms with Crippen LogP contribution in [0, 0.1) is 0 Å². The topological polar surface area (TPSA) is 185 Å².